The van der Waals surface area contributed by atoms with Crippen LogP contribution in [-0.2, 0) is 9.53 Å². The first kappa shape index (κ1) is 15.7. The maximum absolute atomic E-state index is 11.9. The van der Waals surface area contributed by atoms with E-state index in [4.69, 9.17) is 4.74 Å². The summed E-state index contributed by atoms with van der Waals surface area (Å²) < 4.78 is 5.80. The molecule has 1 atom stereocenters. The second-order valence-corrected chi connectivity index (χ2v) is 5.93. The Morgan fingerprint density at radius 2 is 1.95 bits per heavy atom. The molecule has 2 N–H and O–H groups in total. The van der Waals surface area contributed by atoms with E-state index in [2.05, 4.69) is 10.6 Å². The van der Waals surface area contributed by atoms with Crippen LogP contribution in [0, 0.1) is 3.57 Å². The van der Waals surface area contributed by atoms with Crippen molar-refractivity contribution >= 4 is 40.5 Å². The number of ether oxygens (including phenoxy) is 1. The van der Waals surface area contributed by atoms with Crippen LogP contribution in [0.2, 0.25) is 0 Å². The van der Waals surface area contributed by atoms with E-state index in [1.165, 1.54) is 6.92 Å². The van der Waals surface area contributed by atoms with Crippen molar-refractivity contribution in [1.82, 2.24) is 10.6 Å². The third kappa shape index (κ3) is 4.69. The summed E-state index contributed by atoms with van der Waals surface area (Å²) in [6.45, 7) is 1.42. The molecule has 1 aromatic carbocycles. The second kappa shape index (κ2) is 6.88. The molecule has 1 aliphatic rings. The number of esters is 1. The topological polar surface area (TPSA) is 84.5 Å². The Balaban J connectivity index is 1.86. The van der Waals surface area contributed by atoms with Crippen LogP contribution < -0.4 is 10.6 Å². The average Bonchev–Trinajstić information content (AvgIpc) is 3.22. The third-order valence-electron chi connectivity index (χ3n) is 2.90. The Bertz CT molecular complexity index is 572. The molecular formula is C14H15IN2O4. The lowest BCUT2D eigenvalue weighted by atomic mass is 10.2. The molecule has 1 saturated carbocycles. The lowest BCUT2D eigenvalue weighted by Gasteiger charge is -2.13. The first-order valence-corrected chi connectivity index (χ1v) is 7.62. The van der Waals surface area contributed by atoms with Crippen LogP contribution in [0.5, 0.6) is 0 Å². The number of carbonyl (C=O) groups is 3. The standard InChI is InChI=1S/C14H15IN2O4/c1-8(12(18)17-14(20)16-9-6-7-9)21-13(19)10-4-2-3-5-11(10)15/h2-5,8-9H,6-7H2,1H3,(H2,16,17,18,20). The van der Waals surface area contributed by atoms with Gasteiger partial charge in [0.2, 0.25) is 0 Å². The fourth-order valence-electron chi connectivity index (χ4n) is 1.57. The molecule has 0 aliphatic heterocycles. The summed E-state index contributed by atoms with van der Waals surface area (Å²) in [6.07, 6.45) is 0.815. The molecule has 21 heavy (non-hydrogen) atoms. The zero-order chi connectivity index (χ0) is 15.4. The van der Waals surface area contributed by atoms with E-state index >= 15 is 0 Å². The minimum absolute atomic E-state index is 0.154. The quantitative estimate of drug-likeness (QED) is 0.595. The highest BCUT2D eigenvalue weighted by Crippen LogP contribution is 2.18. The molecule has 0 saturated heterocycles. The Morgan fingerprint density at radius 1 is 1.29 bits per heavy atom. The first-order chi connectivity index (χ1) is 9.97. The Labute approximate surface area is 135 Å². The molecule has 0 radical (unpaired) electrons. The summed E-state index contributed by atoms with van der Waals surface area (Å²) in [4.78, 5) is 35.1. The fourth-order valence-corrected chi connectivity index (χ4v) is 2.17. The van der Waals surface area contributed by atoms with Crippen molar-refractivity contribution in [1.29, 1.82) is 0 Å². The van der Waals surface area contributed by atoms with Gasteiger partial charge in [0.05, 0.1) is 5.56 Å². The number of hydrogen-bond donors (Lipinski definition) is 2. The minimum atomic E-state index is -1.04. The van der Waals surface area contributed by atoms with Gasteiger partial charge in [0.1, 0.15) is 0 Å². The molecule has 7 heteroatoms. The van der Waals surface area contributed by atoms with Crippen molar-refractivity contribution in [2.24, 2.45) is 0 Å². The van der Waals surface area contributed by atoms with Gasteiger partial charge in [-0.1, -0.05) is 12.1 Å². The summed E-state index contributed by atoms with van der Waals surface area (Å²) in [6, 6.07) is 6.50. The summed E-state index contributed by atoms with van der Waals surface area (Å²) in [5, 5.41) is 4.78. The lowest BCUT2D eigenvalue weighted by Crippen LogP contribution is -2.45. The summed E-state index contributed by atoms with van der Waals surface area (Å²) in [5.74, 6) is -1.24. The van der Waals surface area contributed by atoms with E-state index in [-0.39, 0.29) is 6.04 Å². The maximum atomic E-state index is 11.9. The van der Waals surface area contributed by atoms with E-state index in [9.17, 15) is 14.4 Å². The van der Waals surface area contributed by atoms with Crippen LogP contribution in [0.4, 0.5) is 4.79 Å². The van der Waals surface area contributed by atoms with Gasteiger partial charge in [-0.15, -0.1) is 0 Å². The predicted octanol–water partition coefficient (Wildman–Crippen LogP) is 1.82. The molecule has 0 aromatic heterocycles. The van der Waals surface area contributed by atoms with Crippen LogP contribution >= 0.6 is 22.6 Å². The van der Waals surface area contributed by atoms with E-state index in [0.717, 1.165) is 16.4 Å². The number of halogens is 1. The van der Waals surface area contributed by atoms with Gasteiger partial charge in [-0.05, 0) is 54.5 Å². The first-order valence-electron chi connectivity index (χ1n) is 6.54. The van der Waals surface area contributed by atoms with Gasteiger partial charge in [-0.2, -0.15) is 0 Å². The molecule has 1 aromatic rings. The van der Waals surface area contributed by atoms with Crippen LogP contribution in [-0.4, -0.2) is 30.1 Å². The molecular weight excluding hydrogens is 387 g/mol. The molecule has 0 spiro atoms. The third-order valence-corrected chi connectivity index (χ3v) is 3.84. The molecule has 112 valence electrons. The van der Waals surface area contributed by atoms with Crippen LogP contribution in [0.1, 0.15) is 30.1 Å². The smallest absolute Gasteiger partial charge is 0.339 e. The SMILES string of the molecule is CC(OC(=O)c1ccccc1I)C(=O)NC(=O)NC1CC1. The number of hydrogen-bond acceptors (Lipinski definition) is 4. The Hall–Kier alpha value is -1.64. The van der Waals surface area contributed by atoms with E-state index in [1.54, 1.807) is 24.3 Å². The highest BCUT2D eigenvalue weighted by atomic mass is 127. The molecule has 1 unspecified atom stereocenters. The second-order valence-electron chi connectivity index (χ2n) is 4.76. The normalized spacial score (nSPS) is 15.0. The van der Waals surface area contributed by atoms with Crippen LogP contribution in [0.25, 0.3) is 0 Å². The summed E-state index contributed by atoms with van der Waals surface area (Å²) in [5.41, 5.74) is 0.389. The van der Waals surface area contributed by atoms with Gasteiger partial charge >= 0.3 is 12.0 Å². The van der Waals surface area contributed by atoms with Crippen LogP contribution in [0.15, 0.2) is 24.3 Å². The molecule has 1 aliphatic carbocycles. The molecule has 1 fully saturated rings. The van der Waals surface area contributed by atoms with Gasteiger partial charge in [0, 0.05) is 9.61 Å². The molecule has 2 rings (SSSR count). The van der Waals surface area contributed by atoms with Crippen molar-refractivity contribution in [2.45, 2.75) is 31.9 Å². The van der Waals surface area contributed by atoms with E-state index in [0.29, 0.717) is 5.56 Å². The fraction of sp³-hybridized carbons (Fsp3) is 0.357. The number of benzene rings is 1. The highest BCUT2D eigenvalue weighted by Gasteiger charge is 2.26. The van der Waals surface area contributed by atoms with Crippen LogP contribution in [0.3, 0.4) is 0 Å². The van der Waals surface area contributed by atoms with Gasteiger partial charge in [-0.25, -0.2) is 9.59 Å². The van der Waals surface area contributed by atoms with Crippen molar-refractivity contribution in [3.8, 4) is 0 Å². The van der Waals surface area contributed by atoms with Crippen molar-refractivity contribution in [3.63, 3.8) is 0 Å². The Morgan fingerprint density at radius 3 is 2.57 bits per heavy atom. The summed E-state index contributed by atoms with van der Waals surface area (Å²) in [7, 11) is 0. The largest absolute Gasteiger partial charge is 0.449 e. The summed E-state index contributed by atoms with van der Waals surface area (Å²) >= 11 is 2.01. The number of urea groups is 1. The number of imide groups is 1. The van der Waals surface area contributed by atoms with Crippen molar-refractivity contribution in [2.75, 3.05) is 0 Å². The predicted molar refractivity (Wildman–Crippen MR) is 83.7 cm³/mol. The van der Waals surface area contributed by atoms with Crippen molar-refractivity contribution in [3.05, 3.63) is 33.4 Å². The van der Waals surface area contributed by atoms with Gasteiger partial charge in [0.15, 0.2) is 6.10 Å². The number of carbonyl (C=O) groups excluding carboxylic acids is 3. The lowest BCUT2D eigenvalue weighted by molar-refractivity contribution is -0.127. The molecule has 3 amide bonds. The number of nitrogens with one attached hydrogen (secondary N) is 2. The number of amides is 3. The Kier molecular flexibility index (Phi) is 5.16. The average molecular weight is 402 g/mol. The molecule has 0 bridgehead atoms. The monoisotopic (exact) mass is 402 g/mol. The van der Waals surface area contributed by atoms with E-state index < -0.39 is 24.0 Å². The van der Waals surface area contributed by atoms with Gasteiger partial charge in [0.25, 0.3) is 5.91 Å². The van der Waals surface area contributed by atoms with Crippen molar-refractivity contribution < 1.29 is 19.1 Å². The van der Waals surface area contributed by atoms with E-state index in [1.807, 2.05) is 22.6 Å². The zero-order valence-corrected chi connectivity index (χ0v) is 13.5. The minimum Gasteiger partial charge on any atom is -0.449 e. The van der Waals surface area contributed by atoms with Gasteiger partial charge < -0.3 is 10.1 Å². The molecule has 6 nitrogen and oxygen atoms in total. The zero-order valence-electron chi connectivity index (χ0n) is 11.4. The highest BCUT2D eigenvalue weighted by molar-refractivity contribution is 14.1. The number of rotatable bonds is 4. The van der Waals surface area contributed by atoms with Gasteiger partial charge in [-0.3, -0.25) is 10.1 Å². The maximum Gasteiger partial charge on any atom is 0.339 e. The molecule has 0 heterocycles.